The molecule has 5 heteroatoms. The summed E-state index contributed by atoms with van der Waals surface area (Å²) in [6.45, 7) is 6.20. The molecule has 3 fully saturated rings. The minimum absolute atomic E-state index is 0.0547. The zero-order valence-corrected chi connectivity index (χ0v) is 9.21. The van der Waals surface area contributed by atoms with E-state index < -0.39 is 0 Å². The van der Waals surface area contributed by atoms with Crippen molar-refractivity contribution in [2.45, 2.75) is 11.3 Å². The number of hydrogen-bond donors (Lipinski definition) is 2. The minimum Gasteiger partial charge on any atom is -0.378 e. The maximum Gasteiger partial charge on any atom is 0.144 e. The van der Waals surface area contributed by atoms with Gasteiger partial charge in [-0.2, -0.15) is 0 Å². The van der Waals surface area contributed by atoms with E-state index in [2.05, 4.69) is 22.6 Å². The van der Waals surface area contributed by atoms with Crippen LogP contribution < -0.4 is 10.6 Å². The highest BCUT2D eigenvalue weighted by Crippen LogP contribution is 2.27. The van der Waals surface area contributed by atoms with Gasteiger partial charge in [-0.15, -0.1) is 0 Å². The zero-order chi connectivity index (χ0) is 10.4. The van der Waals surface area contributed by atoms with E-state index in [9.17, 15) is 0 Å². The fraction of sp³-hybridized carbons (Fsp3) is 1.00. The Morgan fingerprint density at radius 3 is 2.60 bits per heavy atom. The first-order valence-electron chi connectivity index (χ1n) is 5.64. The quantitative estimate of drug-likeness (QED) is 0.518. The largest absolute Gasteiger partial charge is 0.378 e. The van der Waals surface area contributed by atoms with E-state index in [1.165, 1.54) is 0 Å². The number of nitrogens with one attached hydrogen (secondary N) is 2. The molecule has 0 aromatic rings. The Labute approximate surface area is 90.1 Å². The predicted molar refractivity (Wildman–Crippen MR) is 55.7 cm³/mol. The topological polar surface area (TPSA) is 45.8 Å². The van der Waals surface area contributed by atoms with Gasteiger partial charge in [0.1, 0.15) is 5.72 Å². The molecule has 2 spiro atoms. The lowest BCUT2D eigenvalue weighted by Crippen LogP contribution is -2.78. The maximum absolute atomic E-state index is 5.97. The van der Waals surface area contributed by atoms with Gasteiger partial charge in [-0.3, -0.25) is 10.2 Å². The molecular weight excluding hydrogens is 194 g/mol. The van der Waals surface area contributed by atoms with E-state index in [0.717, 1.165) is 46.0 Å². The highest BCUT2D eigenvalue weighted by molar-refractivity contribution is 5.04. The lowest BCUT2D eigenvalue weighted by Gasteiger charge is -2.55. The molecule has 3 saturated heterocycles. The SMILES string of the molecule is CN1CCOCC12CNC1(CNC1)OC2. The van der Waals surface area contributed by atoms with Gasteiger partial charge in [0.2, 0.25) is 0 Å². The first kappa shape index (κ1) is 9.99. The fourth-order valence-corrected chi connectivity index (χ4v) is 2.43. The summed E-state index contributed by atoms with van der Waals surface area (Å²) in [5, 5.41) is 6.76. The van der Waals surface area contributed by atoms with E-state index in [1.54, 1.807) is 0 Å². The third kappa shape index (κ3) is 1.50. The molecule has 0 aliphatic carbocycles. The number of nitrogens with zero attached hydrogens (tertiary/aromatic N) is 1. The molecule has 3 heterocycles. The van der Waals surface area contributed by atoms with Gasteiger partial charge in [0.25, 0.3) is 0 Å². The highest BCUT2D eigenvalue weighted by Gasteiger charge is 2.49. The van der Waals surface area contributed by atoms with Crippen LogP contribution in [0.3, 0.4) is 0 Å². The molecule has 15 heavy (non-hydrogen) atoms. The van der Waals surface area contributed by atoms with Gasteiger partial charge in [0, 0.05) is 26.2 Å². The van der Waals surface area contributed by atoms with Crippen molar-refractivity contribution in [2.24, 2.45) is 0 Å². The molecular formula is C10H19N3O2. The Morgan fingerprint density at radius 2 is 2.07 bits per heavy atom. The minimum atomic E-state index is -0.0798. The molecule has 0 radical (unpaired) electrons. The second-order valence-electron chi connectivity index (χ2n) is 4.94. The number of morpholine rings is 1. The smallest absolute Gasteiger partial charge is 0.144 e. The lowest BCUT2D eigenvalue weighted by molar-refractivity contribution is -0.199. The molecule has 0 aromatic heterocycles. The summed E-state index contributed by atoms with van der Waals surface area (Å²) < 4.78 is 11.5. The van der Waals surface area contributed by atoms with Crippen LogP contribution in [-0.4, -0.2) is 69.2 Å². The number of rotatable bonds is 0. The Kier molecular flexibility index (Phi) is 2.26. The Bertz CT molecular complexity index is 245. The molecule has 2 N–H and O–H groups in total. The summed E-state index contributed by atoms with van der Waals surface area (Å²) in [7, 11) is 2.16. The third-order valence-corrected chi connectivity index (χ3v) is 3.93. The zero-order valence-electron chi connectivity index (χ0n) is 9.21. The number of ether oxygens (including phenoxy) is 2. The van der Waals surface area contributed by atoms with Crippen LogP contribution in [0, 0.1) is 0 Å². The van der Waals surface area contributed by atoms with Gasteiger partial charge in [-0.05, 0) is 7.05 Å². The van der Waals surface area contributed by atoms with E-state index in [0.29, 0.717) is 0 Å². The molecule has 1 unspecified atom stereocenters. The van der Waals surface area contributed by atoms with Gasteiger partial charge < -0.3 is 14.8 Å². The fourth-order valence-electron chi connectivity index (χ4n) is 2.43. The molecule has 0 amide bonds. The average Bonchev–Trinajstić information content (AvgIpc) is 2.22. The van der Waals surface area contributed by atoms with Gasteiger partial charge in [-0.25, -0.2) is 0 Å². The molecule has 3 aliphatic rings. The Morgan fingerprint density at radius 1 is 1.20 bits per heavy atom. The highest BCUT2D eigenvalue weighted by atomic mass is 16.5. The van der Waals surface area contributed by atoms with Crippen LogP contribution in [0.5, 0.6) is 0 Å². The van der Waals surface area contributed by atoms with Crippen molar-refractivity contribution in [1.29, 1.82) is 0 Å². The van der Waals surface area contributed by atoms with Crippen LogP contribution in [0.4, 0.5) is 0 Å². The second kappa shape index (κ2) is 3.40. The van der Waals surface area contributed by atoms with Crippen molar-refractivity contribution in [3.8, 4) is 0 Å². The molecule has 0 bridgehead atoms. The number of hydrogen-bond acceptors (Lipinski definition) is 5. The van der Waals surface area contributed by atoms with Crippen LogP contribution in [-0.2, 0) is 9.47 Å². The van der Waals surface area contributed by atoms with Crippen LogP contribution in [0.2, 0.25) is 0 Å². The van der Waals surface area contributed by atoms with E-state index in [4.69, 9.17) is 9.47 Å². The molecule has 3 aliphatic heterocycles. The van der Waals surface area contributed by atoms with Crippen LogP contribution in [0.1, 0.15) is 0 Å². The van der Waals surface area contributed by atoms with Crippen LogP contribution in [0.15, 0.2) is 0 Å². The average molecular weight is 213 g/mol. The first-order chi connectivity index (χ1) is 7.25. The second-order valence-corrected chi connectivity index (χ2v) is 4.94. The van der Waals surface area contributed by atoms with Crippen molar-refractivity contribution >= 4 is 0 Å². The lowest BCUT2D eigenvalue weighted by atomic mass is 9.93. The van der Waals surface area contributed by atoms with Crippen LogP contribution >= 0.6 is 0 Å². The predicted octanol–water partition coefficient (Wildman–Crippen LogP) is -1.39. The monoisotopic (exact) mass is 213 g/mol. The van der Waals surface area contributed by atoms with Gasteiger partial charge in [0.05, 0.1) is 25.4 Å². The van der Waals surface area contributed by atoms with E-state index in [-0.39, 0.29) is 11.3 Å². The third-order valence-electron chi connectivity index (χ3n) is 3.93. The Hall–Kier alpha value is -0.200. The summed E-state index contributed by atoms with van der Waals surface area (Å²) in [5.74, 6) is 0. The molecule has 0 saturated carbocycles. The molecule has 1 atom stereocenters. The van der Waals surface area contributed by atoms with Crippen molar-refractivity contribution in [1.82, 2.24) is 15.5 Å². The van der Waals surface area contributed by atoms with Gasteiger partial charge in [-0.1, -0.05) is 0 Å². The van der Waals surface area contributed by atoms with Crippen molar-refractivity contribution in [3.05, 3.63) is 0 Å². The summed E-state index contributed by atoms with van der Waals surface area (Å²) in [5.41, 5.74) is -0.0252. The van der Waals surface area contributed by atoms with Gasteiger partial charge in [0.15, 0.2) is 0 Å². The van der Waals surface area contributed by atoms with Crippen LogP contribution in [0.25, 0.3) is 0 Å². The van der Waals surface area contributed by atoms with Gasteiger partial charge >= 0.3 is 0 Å². The standard InChI is InChI=1S/C10H19N3O2/c1-13-2-3-14-7-9(13)4-12-10(15-8-9)5-11-6-10/h11-12H,2-8H2,1H3. The summed E-state index contributed by atoms with van der Waals surface area (Å²) in [6, 6.07) is 0. The molecule has 86 valence electrons. The summed E-state index contributed by atoms with van der Waals surface area (Å²) in [4.78, 5) is 2.36. The van der Waals surface area contributed by atoms with Crippen molar-refractivity contribution in [3.63, 3.8) is 0 Å². The normalized spacial score (nSPS) is 40.6. The summed E-state index contributed by atoms with van der Waals surface area (Å²) >= 11 is 0. The van der Waals surface area contributed by atoms with E-state index >= 15 is 0 Å². The van der Waals surface area contributed by atoms with E-state index in [1.807, 2.05) is 0 Å². The maximum atomic E-state index is 5.97. The summed E-state index contributed by atoms with van der Waals surface area (Å²) in [6.07, 6.45) is 0. The van der Waals surface area contributed by atoms with Crippen molar-refractivity contribution in [2.75, 3.05) is 53.0 Å². The first-order valence-corrected chi connectivity index (χ1v) is 5.64. The number of likely N-dealkylation sites (N-methyl/N-ethyl adjacent to an activating group) is 1. The molecule has 5 nitrogen and oxygen atoms in total. The molecule has 0 aromatic carbocycles. The molecule has 3 rings (SSSR count). The van der Waals surface area contributed by atoms with Crippen molar-refractivity contribution < 1.29 is 9.47 Å². The Balaban J connectivity index is 1.68.